The zero-order chi connectivity index (χ0) is 11.0. The number of aromatic amines is 1. The normalized spacial score (nSPS) is 12.3. The van der Waals surface area contributed by atoms with Crippen molar-refractivity contribution < 1.29 is 0 Å². The fraction of sp³-hybridized carbons (Fsp3) is 0.0769. The summed E-state index contributed by atoms with van der Waals surface area (Å²) < 4.78 is 0. The van der Waals surface area contributed by atoms with E-state index in [1.165, 1.54) is 10.9 Å². The van der Waals surface area contributed by atoms with E-state index in [9.17, 15) is 0 Å². The Hall–Kier alpha value is -1.29. The molecular weight excluding hydrogens is 252 g/mol. The van der Waals surface area contributed by atoms with Gasteiger partial charge in [0.15, 0.2) is 0 Å². The number of nitrogens with one attached hydrogen (secondary N) is 1. The first-order chi connectivity index (χ1) is 7.84. The third-order valence-electron chi connectivity index (χ3n) is 2.84. The van der Waals surface area contributed by atoms with Gasteiger partial charge < -0.3 is 10.7 Å². The standard InChI is InChI=1S/C13H12N2S.ClH/c14-13(11-4-6-16-8-11)10-1-2-12-9(7-10)3-5-15-12;/h1-8,13,15H,14H2;1H/t13-;/m1./s1. The van der Waals surface area contributed by atoms with Crippen LogP contribution in [0.25, 0.3) is 10.9 Å². The van der Waals surface area contributed by atoms with Gasteiger partial charge in [-0.3, -0.25) is 0 Å². The minimum absolute atomic E-state index is 0. The number of aromatic nitrogens is 1. The second kappa shape index (κ2) is 4.92. The molecule has 0 spiro atoms. The molecular formula is C13H13ClN2S. The average molecular weight is 265 g/mol. The van der Waals surface area contributed by atoms with Gasteiger partial charge in [-0.25, -0.2) is 0 Å². The maximum absolute atomic E-state index is 6.22. The van der Waals surface area contributed by atoms with Crippen LogP contribution >= 0.6 is 23.7 Å². The van der Waals surface area contributed by atoms with Gasteiger partial charge in [0.2, 0.25) is 0 Å². The highest BCUT2D eigenvalue weighted by Gasteiger charge is 2.09. The summed E-state index contributed by atoms with van der Waals surface area (Å²) in [4.78, 5) is 3.18. The molecule has 0 saturated heterocycles. The molecule has 3 aromatic rings. The van der Waals surface area contributed by atoms with Crippen molar-refractivity contribution in [2.24, 2.45) is 5.73 Å². The Kier molecular flexibility index (Phi) is 3.52. The fourth-order valence-electron chi connectivity index (χ4n) is 1.91. The lowest BCUT2D eigenvalue weighted by Gasteiger charge is -2.10. The monoisotopic (exact) mass is 264 g/mol. The Morgan fingerprint density at radius 2 is 2.00 bits per heavy atom. The van der Waals surface area contributed by atoms with E-state index >= 15 is 0 Å². The van der Waals surface area contributed by atoms with Crippen LogP contribution in [-0.4, -0.2) is 4.98 Å². The quantitative estimate of drug-likeness (QED) is 0.728. The number of hydrogen-bond acceptors (Lipinski definition) is 2. The van der Waals surface area contributed by atoms with Crippen molar-refractivity contribution in [3.8, 4) is 0 Å². The molecule has 4 heteroatoms. The van der Waals surface area contributed by atoms with Gasteiger partial charge in [-0.2, -0.15) is 11.3 Å². The Bertz CT molecular complexity index is 601. The highest BCUT2D eigenvalue weighted by atomic mass is 35.5. The van der Waals surface area contributed by atoms with Gasteiger partial charge in [-0.05, 0) is 51.5 Å². The SMILES string of the molecule is Cl.N[C@@H](c1ccsc1)c1ccc2[nH]ccc2c1. The summed E-state index contributed by atoms with van der Waals surface area (Å²) in [5.41, 5.74) is 9.71. The van der Waals surface area contributed by atoms with Crippen LogP contribution in [0.5, 0.6) is 0 Å². The third-order valence-corrected chi connectivity index (χ3v) is 3.54. The van der Waals surface area contributed by atoms with Crippen LogP contribution in [0.1, 0.15) is 17.2 Å². The molecule has 2 aromatic heterocycles. The van der Waals surface area contributed by atoms with E-state index in [0.29, 0.717) is 0 Å². The summed E-state index contributed by atoms with van der Waals surface area (Å²) in [5, 5.41) is 5.37. The third kappa shape index (κ3) is 2.22. The fourth-order valence-corrected chi connectivity index (χ4v) is 2.61. The molecule has 0 aliphatic carbocycles. The Balaban J connectivity index is 0.00000108. The zero-order valence-electron chi connectivity index (χ0n) is 9.09. The van der Waals surface area contributed by atoms with Crippen LogP contribution in [0.2, 0.25) is 0 Å². The highest BCUT2D eigenvalue weighted by Crippen LogP contribution is 2.24. The molecule has 0 bridgehead atoms. The molecule has 17 heavy (non-hydrogen) atoms. The summed E-state index contributed by atoms with van der Waals surface area (Å²) in [7, 11) is 0. The van der Waals surface area contributed by atoms with E-state index < -0.39 is 0 Å². The van der Waals surface area contributed by atoms with Crippen LogP contribution in [0.15, 0.2) is 47.3 Å². The summed E-state index contributed by atoms with van der Waals surface area (Å²) in [5.74, 6) is 0. The lowest BCUT2D eigenvalue weighted by molar-refractivity contribution is 0.879. The topological polar surface area (TPSA) is 41.8 Å². The van der Waals surface area contributed by atoms with E-state index in [4.69, 9.17) is 5.73 Å². The minimum atomic E-state index is -0.0226. The van der Waals surface area contributed by atoms with Crippen LogP contribution in [-0.2, 0) is 0 Å². The summed E-state index contributed by atoms with van der Waals surface area (Å²) in [6, 6.07) is 10.4. The average Bonchev–Trinajstić information content (AvgIpc) is 2.98. The van der Waals surface area contributed by atoms with Gasteiger partial charge in [0.05, 0.1) is 6.04 Å². The molecule has 1 aromatic carbocycles. The van der Waals surface area contributed by atoms with Gasteiger partial charge in [-0.1, -0.05) is 6.07 Å². The van der Waals surface area contributed by atoms with Gasteiger partial charge in [0.25, 0.3) is 0 Å². The number of H-pyrrole nitrogens is 1. The number of hydrogen-bond donors (Lipinski definition) is 2. The lowest BCUT2D eigenvalue weighted by atomic mass is 10.0. The molecule has 0 aliphatic heterocycles. The molecule has 0 radical (unpaired) electrons. The van der Waals surface area contributed by atoms with Crippen LogP contribution in [0, 0.1) is 0 Å². The number of benzene rings is 1. The Labute approximate surface area is 110 Å². The van der Waals surface area contributed by atoms with Crippen molar-refractivity contribution in [3.05, 3.63) is 58.4 Å². The van der Waals surface area contributed by atoms with Crippen molar-refractivity contribution in [3.63, 3.8) is 0 Å². The molecule has 0 unspecified atom stereocenters. The van der Waals surface area contributed by atoms with Crippen LogP contribution in [0.4, 0.5) is 0 Å². The maximum atomic E-state index is 6.22. The van der Waals surface area contributed by atoms with Gasteiger partial charge in [0.1, 0.15) is 0 Å². The van der Waals surface area contributed by atoms with E-state index in [-0.39, 0.29) is 18.4 Å². The van der Waals surface area contributed by atoms with Crippen LogP contribution < -0.4 is 5.73 Å². The molecule has 0 aliphatic rings. The smallest absolute Gasteiger partial charge is 0.0560 e. The molecule has 88 valence electrons. The number of halogens is 1. The lowest BCUT2D eigenvalue weighted by Crippen LogP contribution is -2.10. The van der Waals surface area contributed by atoms with Crippen molar-refractivity contribution in [1.82, 2.24) is 4.98 Å². The second-order valence-electron chi connectivity index (χ2n) is 3.86. The molecule has 0 amide bonds. The highest BCUT2D eigenvalue weighted by molar-refractivity contribution is 7.08. The second-order valence-corrected chi connectivity index (χ2v) is 4.64. The van der Waals surface area contributed by atoms with E-state index in [0.717, 1.165) is 11.1 Å². The predicted molar refractivity (Wildman–Crippen MR) is 75.9 cm³/mol. The van der Waals surface area contributed by atoms with Gasteiger partial charge >= 0.3 is 0 Å². The molecule has 2 heterocycles. The molecule has 3 N–H and O–H groups in total. The predicted octanol–water partition coefficient (Wildman–Crippen LogP) is 3.70. The molecule has 0 saturated carbocycles. The number of nitrogens with two attached hydrogens (primary N) is 1. The largest absolute Gasteiger partial charge is 0.361 e. The Morgan fingerprint density at radius 3 is 2.76 bits per heavy atom. The minimum Gasteiger partial charge on any atom is -0.361 e. The van der Waals surface area contributed by atoms with E-state index in [2.05, 4.69) is 46.1 Å². The van der Waals surface area contributed by atoms with E-state index in [1.54, 1.807) is 11.3 Å². The van der Waals surface area contributed by atoms with Gasteiger partial charge in [-0.15, -0.1) is 12.4 Å². The van der Waals surface area contributed by atoms with Crippen LogP contribution in [0.3, 0.4) is 0 Å². The molecule has 3 rings (SSSR count). The van der Waals surface area contributed by atoms with Crippen molar-refractivity contribution in [2.75, 3.05) is 0 Å². The van der Waals surface area contributed by atoms with Crippen molar-refractivity contribution in [1.29, 1.82) is 0 Å². The molecule has 2 nitrogen and oxygen atoms in total. The molecule has 0 fully saturated rings. The molecule has 1 atom stereocenters. The first-order valence-electron chi connectivity index (χ1n) is 5.19. The first-order valence-corrected chi connectivity index (χ1v) is 6.13. The van der Waals surface area contributed by atoms with Crippen molar-refractivity contribution >= 4 is 34.6 Å². The van der Waals surface area contributed by atoms with Gasteiger partial charge in [0, 0.05) is 11.7 Å². The number of rotatable bonds is 2. The van der Waals surface area contributed by atoms with Crippen molar-refractivity contribution in [2.45, 2.75) is 6.04 Å². The van der Waals surface area contributed by atoms with E-state index in [1.807, 2.05) is 6.20 Å². The first kappa shape index (κ1) is 12.2. The maximum Gasteiger partial charge on any atom is 0.0560 e. The summed E-state index contributed by atoms with van der Waals surface area (Å²) in [6.07, 6.45) is 1.95. The zero-order valence-corrected chi connectivity index (χ0v) is 10.7. The Morgan fingerprint density at radius 1 is 1.12 bits per heavy atom. The summed E-state index contributed by atoms with van der Waals surface area (Å²) >= 11 is 1.68. The summed E-state index contributed by atoms with van der Waals surface area (Å²) in [6.45, 7) is 0. The number of fused-ring (bicyclic) bond motifs is 1. The number of thiophene rings is 1.